The van der Waals surface area contributed by atoms with E-state index in [0.717, 1.165) is 63.4 Å². The lowest BCUT2D eigenvalue weighted by Crippen LogP contribution is -2.49. The number of benzene rings is 1. The molecule has 0 saturated carbocycles. The van der Waals surface area contributed by atoms with E-state index in [-0.39, 0.29) is 0 Å². The third-order valence-electron chi connectivity index (χ3n) is 4.34. The average molecular weight is 397 g/mol. The molecule has 27 heavy (non-hydrogen) atoms. The van der Waals surface area contributed by atoms with Gasteiger partial charge in [0.1, 0.15) is 0 Å². The molecule has 1 rings (SSSR count). The lowest BCUT2D eigenvalue weighted by molar-refractivity contribution is -0.0411. The van der Waals surface area contributed by atoms with Crippen molar-refractivity contribution in [3.05, 3.63) is 35.9 Å². The van der Waals surface area contributed by atoms with E-state index in [9.17, 15) is 0 Å². The van der Waals surface area contributed by atoms with E-state index in [0.29, 0.717) is 26.4 Å². The third kappa shape index (κ3) is 11.7. The van der Waals surface area contributed by atoms with E-state index in [4.69, 9.17) is 17.7 Å². The van der Waals surface area contributed by atoms with Crippen LogP contribution in [0.4, 0.5) is 0 Å². The maximum Gasteiger partial charge on any atom is 0.680 e. The zero-order valence-electron chi connectivity index (χ0n) is 17.7. The van der Waals surface area contributed by atoms with Crippen LogP contribution in [-0.4, -0.2) is 28.9 Å². The summed E-state index contributed by atoms with van der Waals surface area (Å²) in [5.41, 5.74) is 1.11. The zero-order chi connectivity index (χ0) is 19.6. The molecule has 0 aliphatic rings. The zero-order valence-corrected chi connectivity index (χ0v) is 18.7. The van der Waals surface area contributed by atoms with E-state index in [1.807, 2.05) is 18.2 Å². The van der Waals surface area contributed by atoms with Crippen LogP contribution < -0.4 is 0 Å². The number of unbranched alkanes of at least 4 members (excludes halogenated alkanes) is 6. The first-order valence-electron chi connectivity index (χ1n) is 10.9. The summed E-state index contributed by atoms with van der Waals surface area (Å²) in [6.07, 6.45) is 9.97. The Bertz CT molecular complexity index is 410. The van der Waals surface area contributed by atoms with Gasteiger partial charge in [-0.25, -0.2) is 0 Å². The quantitative estimate of drug-likeness (QED) is 0.217. The molecule has 0 N–H and O–H groups in total. The van der Waals surface area contributed by atoms with Crippen molar-refractivity contribution in [2.24, 2.45) is 0 Å². The highest BCUT2D eigenvalue weighted by molar-refractivity contribution is 6.53. The van der Waals surface area contributed by atoms with Crippen molar-refractivity contribution in [3.63, 3.8) is 0 Å². The number of hydrogen-bond acceptors (Lipinski definition) is 4. The molecule has 0 amide bonds. The molecule has 1 aromatic rings. The summed E-state index contributed by atoms with van der Waals surface area (Å²) in [6.45, 7) is 8.95. The normalized spacial score (nSPS) is 11.8. The predicted octanol–water partition coefficient (Wildman–Crippen LogP) is 6.26. The van der Waals surface area contributed by atoms with Crippen molar-refractivity contribution in [2.75, 3.05) is 19.8 Å². The Labute approximate surface area is 168 Å². The molecule has 0 fully saturated rings. The summed E-state index contributed by atoms with van der Waals surface area (Å²) < 4.78 is 24.8. The van der Waals surface area contributed by atoms with Crippen molar-refractivity contribution >= 4 is 9.05 Å². The molecular weight excluding hydrogens is 356 g/mol. The van der Waals surface area contributed by atoms with E-state index >= 15 is 0 Å². The molecule has 156 valence electrons. The fraction of sp³-hybridized carbons (Fsp3) is 0.727. The second kappa shape index (κ2) is 16.3. The van der Waals surface area contributed by atoms with Gasteiger partial charge in [-0.05, 0) is 24.8 Å². The molecule has 0 aliphatic carbocycles. The van der Waals surface area contributed by atoms with Crippen molar-refractivity contribution in [2.45, 2.75) is 85.2 Å². The van der Waals surface area contributed by atoms with Crippen LogP contribution in [0.1, 0.15) is 84.1 Å². The van der Waals surface area contributed by atoms with Gasteiger partial charge in [-0.3, -0.25) is 0 Å². The van der Waals surface area contributed by atoms with Crippen LogP contribution in [0.25, 0.3) is 0 Å². The standard InChI is InChI=1S/C22H40O4Si/c1-4-7-13-18-23-27(24-19-14-8-5-2,25-20-15-9-6-3)26-21-22-16-11-10-12-17-22/h10-12,16-17H,4-9,13-15,18-21H2,1-3H3. The summed E-state index contributed by atoms with van der Waals surface area (Å²) in [5, 5.41) is 0. The van der Waals surface area contributed by atoms with Crippen molar-refractivity contribution in [1.29, 1.82) is 0 Å². The topological polar surface area (TPSA) is 36.9 Å². The van der Waals surface area contributed by atoms with Gasteiger partial charge in [0, 0.05) is 19.8 Å². The van der Waals surface area contributed by atoms with Gasteiger partial charge >= 0.3 is 9.05 Å². The molecule has 0 unspecified atom stereocenters. The Balaban J connectivity index is 2.71. The lowest BCUT2D eigenvalue weighted by atomic mass is 10.2. The van der Waals surface area contributed by atoms with Crippen molar-refractivity contribution in [3.8, 4) is 0 Å². The Kier molecular flexibility index (Phi) is 14.6. The van der Waals surface area contributed by atoms with Gasteiger partial charge in [-0.1, -0.05) is 89.6 Å². The van der Waals surface area contributed by atoms with Gasteiger partial charge in [0.05, 0.1) is 6.61 Å². The highest BCUT2D eigenvalue weighted by Gasteiger charge is 2.45. The van der Waals surface area contributed by atoms with Gasteiger partial charge in [0.25, 0.3) is 0 Å². The first-order chi connectivity index (χ1) is 13.3. The first kappa shape index (κ1) is 24.3. The Hall–Kier alpha value is -0.723. The van der Waals surface area contributed by atoms with Crippen LogP contribution in [0.2, 0.25) is 0 Å². The van der Waals surface area contributed by atoms with Crippen LogP contribution in [-0.2, 0) is 24.3 Å². The summed E-state index contributed by atoms with van der Waals surface area (Å²) in [4.78, 5) is 0. The Morgan fingerprint density at radius 2 is 1.04 bits per heavy atom. The van der Waals surface area contributed by atoms with Gasteiger partial charge in [0.15, 0.2) is 0 Å². The molecule has 0 spiro atoms. The molecule has 0 atom stereocenters. The number of hydrogen-bond donors (Lipinski definition) is 0. The van der Waals surface area contributed by atoms with Crippen LogP contribution in [0.15, 0.2) is 30.3 Å². The predicted molar refractivity (Wildman–Crippen MR) is 113 cm³/mol. The van der Waals surface area contributed by atoms with Crippen LogP contribution in [0, 0.1) is 0 Å². The molecule has 0 aliphatic heterocycles. The second-order valence-corrected chi connectivity index (χ2v) is 9.10. The first-order valence-corrected chi connectivity index (χ1v) is 12.5. The molecule has 0 bridgehead atoms. The Morgan fingerprint density at radius 3 is 1.44 bits per heavy atom. The smallest absolute Gasteiger partial charge is 0.351 e. The Morgan fingerprint density at radius 1 is 0.593 bits per heavy atom. The lowest BCUT2D eigenvalue weighted by Gasteiger charge is -2.28. The molecule has 0 aromatic heterocycles. The van der Waals surface area contributed by atoms with E-state index in [1.165, 1.54) is 0 Å². The van der Waals surface area contributed by atoms with E-state index < -0.39 is 9.05 Å². The van der Waals surface area contributed by atoms with E-state index in [1.54, 1.807) is 0 Å². The second-order valence-electron chi connectivity index (χ2n) is 6.94. The molecular formula is C22H40O4Si. The molecule has 1 aromatic carbocycles. The van der Waals surface area contributed by atoms with Crippen molar-refractivity contribution < 1.29 is 17.7 Å². The summed E-state index contributed by atoms with van der Waals surface area (Å²) in [5.74, 6) is 0. The summed E-state index contributed by atoms with van der Waals surface area (Å²) in [7, 11) is -3.13. The summed E-state index contributed by atoms with van der Waals surface area (Å²) >= 11 is 0. The van der Waals surface area contributed by atoms with Gasteiger partial charge in [-0.2, -0.15) is 0 Å². The maximum absolute atomic E-state index is 6.23. The van der Waals surface area contributed by atoms with Crippen LogP contribution in [0.5, 0.6) is 0 Å². The molecule has 4 nitrogen and oxygen atoms in total. The minimum Gasteiger partial charge on any atom is -0.351 e. The minimum absolute atomic E-state index is 0.461. The highest BCUT2D eigenvalue weighted by Crippen LogP contribution is 2.18. The van der Waals surface area contributed by atoms with Gasteiger partial charge in [0.2, 0.25) is 0 Å². The largest absolute Gasteiger partial charge is 0.680 e. The monoisotopic (exact) mass is 396 g/mol. The minimum atomic E-state index is -3.13. The van der Waals surface area contributed by atoms with Gasteiger partial charge < -0.3 is 17.7 Å². The molecule has 5 heteroatoms. The highest BCUT2D eigenvalue weighted by atomic mass is 28.4. The summed E-state index contributed by atoms with van der Waals surface area (Å²) in [6, 6.07) is 10.2. The number of rotatable bonds is 18. The van der Waals surface area contributed by atoms with E-state index in [2.05, 4.69) is 32.9 Å². The molecule has 0 heterocycles. The molecule has 0 saturated heterocycles. The van der Waals surface area contributed by atoms with Crippen molar-refractivity contribution in [1.82, 2.24) is 0 Å². The van der Waals surface area contributed by atoms with Gasteiger partial charge in [-0.15, -0.1) is 0 Å². The maximum atomic E-state index is 6.23. The van der Waals surface area contributed by atoms with Crippen LogP contribution >= 0.6 is 0 Å². The van der Waals surface area contributed by atoms with Crippen LogP contribution in [0.3, 0.4) is 0 Å². The average Bonchev–Trinajstić information content (AvgIpc) is 2.71. The fourth-order valence-electron chi connectivity index (χ4n) is 2.64. The third-order valence-corrected chi connectivity index (χ3v) is 6.51. The fourth-order valence-corrected chi connectivity index (χ4v) is 4.67. The SMILES string of the molecule is CCCCCO[Si](OCCCCC)(OCCCCC)OCc1ccccc1. The molecule has 0 radical (unpaired) electrons.